The Balaban J connectivity index is 1.99. The number of rotatable bonds is 11. The second kappa shape index (κ2) is 11.9. The number of unbranched alkanes of at least 4 members (excludes halogenated alkanes) is 1. The predicted octanol–water partition coefficient (Wildman–Crippen LogP) is 2.77. The van der Waals surface area contributed by atoms with E-state index in [-0.39, 0.29) is 18.1 Å². The quantitative estimate of drug-likeness (QED) is 0.427. The molecule has 188 valence electrons. The topological polar surface area (TPSA) is 73.2 Å². The SMILES string of the molecule is CCCCN1[C@H](CO)[C@@H](O)[C@H](O)[C@H]1CO[Si](CCC(C)(C)C)(c1ccccc1)c1ccccc1. The Hall–Kier alpha value is -1.54. The van der Waals surface area contributed by atoms with E-state index in [0.29, 0.717) is 6.61 Å². The summed E-state index contributed by atoms with van der Waals surface area (Å²) in [6.07, 6.45) is 1.03. The number of hydrogen-bond acceptors (Lipinski definition) is 5. The van der Waals surface area contributed by atoms with Gasteiger partial charge in [0.05, 0.1) is 37.5 Å². The molecular formula is C28H43NO4Si. The van der Waals surface area contributed by atoms with Crippen molar-refractivity contribution in [1.29, 1.82) is 0 Å². The highest BCUT2D eigenvalue weighted by Crippen LogP contribution is 2.30. The molecule has 0 aliphatic carbocycles. The van der Waals surface area contributed by atoms with E-state index < -0.39 is 26.6 Å². The zero-order valence-corrected chi connectivity index (χ0v) is 22.2. The van der Waals surface area contributed by atoms with Gasteiger partial charge in [-0.05, 0) is 41.2 Å². The average molecular weight is 486 g/mol. The summed E-state index contributed by atoms with van der Waals surface area (Å²) < 4.78 is 7.05. The number of aliphatic hydroxyl groups excluding tert-OH is 3. The summed E-state index contributed by atoms with van der Waals surface area (Å²) in [7, 11) is -2.65. The molecule has 2 aromatic carbocycles. The summed E-state index contributed by atoms with van der Waals surface area (Å²) in [5, 5.41) is 34.0. The molecule has 0 bridgehead atoms. The summed E-state index contributed by atoms with van der Waals surface area (Å²) >= 11 is 0. The van der Waals surface area contributed by atoms with Crippen molar-refractivity contribution >= 4 is 18.7 Å². The summed E-state index contributed by atoms with van der Waals surface area (Å²) in [4.78, 5) is 2.07. The van der Waals surface area contributed by atoms with Crippen molar-refractivity contribution in [2.45, 2.75) is 77.3 Å². The van der Waals surface area contributed by atoms with E-state index in [1.54, 1.807) is 0 Å². The second-order valence-corrected chi connectivity index (χ2v) is 14.4. The Labute approximate surface area is 206 Å². The van der Waals surface area contributed by atoms with Crippen LogP contribution in [0, 0.1) is 5.41 Å². The van der Waals surface area contributed by atoms with Gasteiger partial charge in [-0.3, -0.25) is 4.90 Å². The van der Waals surface area contributed by atoms with Crippen LogP contribution in [-0.2, 0) is 4.43 Å². The number of hydrogen-bond donors (Lipinski definition) is 3. The average Bonchev–Trinajstić information content (AvgIpc) is 3.07. The molecule has 6 heteroatoms. The first-order valence-electron chi connectivity index (χ1n) is 12.7. The lowest BCUT2D eigenvalue weighted by atomic mass is 9.94. The van der Waals surface area contributed by atoms with Crippen molar-refractivity contribution in [2.75, 3.05) is 19.8 Å². The van der Waals surface area contributed by atoms with Crippen LogP contribution in [0.5, 0.6) is 0 Å². The number of benzene rings is 2. The number of nitrogens with zero attached hydrogens (tertiary/aromatic N) is 1. The largest absolute Gasteiger partial charge is 0.406 e. The van der Waals surface area contributed by atoms with Crippen LogP contribution in [0.4, 0.5) is 0 Å². The van der Waals surface area contributed by atoms with E-state index in [1.165, 1.54) is 10.4 Å². The first kappa shape index (κ1) is 27.1. The van der Waals surface area contributed by atoms with E-state index in [1.807, 2.05) is 12.1 Å². The first-order chi connectivity index (χ1) is 16.2. The Morgan fingerprint density at radius 3 is 1.88 bits per heavy atom. The van der Waals surface area contributed by atoms with E-state index >= 15 is 0 Å². The number of aliphatic hydroxyl groups is 3. The Bertz CT molecular complexity index is 818. The fourth-order valence-corrected chi connectivity index (χ4v) is 9.47. The molecule has 0 unspecified atom stereocenters. The molecule has 0 amide bonds. The fraction of sp³-hybridized carbons (Fsp3) is 0.571. The summed E-state index contributed by atoms with van der Waals surface area (Å²) in [5.74, 6) is 0. The molecule has 34 heavy (non-hydrogen) atoms. The highest BCUT2D eigenvalue weighted by molar-refractivity contribution is 6.97. The number of likely N-dealkylation sites (tertiary alicyclic amines) is 1. The molecule has 1 fully saturated rings. The third-order valence-corrected chi connectivity index (χ3v) is 11.3. The van der Waals surface area contributed by atoms with Gasteiger partial charge in [0.25, 0.3) is 8.32 Å². The summed E-state index contributed by atoms with van der Waals surface area (Å²) in [6, 6.07) is 21.2. The maximum Gasteiger partial charge on any atom is 0.255 e. The van der Waals surface area contributed by atoms with Gasteiger partial charge in [-0.1, -0.05) is 94.8 Å². The molecule has 1 saturated heterocycles. The fourth-order valence-electron chi connectivity index (χ4n) is 5.06. The van der Waals surface area contributed by atoms with Crippen molar-refractivity contribution in [2.24, 2.45) is 5.41 Å². The Kier molecular flexibility index (Phi) is 9.49. The van der Waals surface area contributed by atoms with Crippen LogP contribution < -0.4 is 10.4 Å². The third kappa shape index (κ3) is 6.17. The van der Waals surface area contributed by atoms with E-state index in [2.05, 4.69) is 81.1 Å². The van der Waals surface area contributed by atoms with Gasteiger partial charge in [-0.25, -0.2) is 0 Å². The molecule has 5 nitrogen and oxygen atoms in total. The summed E-state index contributed by atoms with van der Waals surface area (Å²) in [6.45, 7) is 9.77. The lowest BCUT2D eigenvalue weighted by Crippen LogP contribution is -2.62. The monoisotopic (exact) mass is 485 g/mol. The van der Waals surface area contributed by atoms with Gasteiger partial charge in [-0.15, -0.1) is 0 Å². The van der Waals surface area contributed by atoms with Gasteiger partial charge in [0, 0.05) is 0 Å². The lowest BCUT2D eigenvalue weighted by molar-refractivity contribution is 0.0140. The molecule has 3 rings (SSSR count). The van der Waals surface area contributed by atoms with Crippen molar-refractivity contribution in [3.63, 3.8) is 0 Å². The second-order valence-electron chi connectivity index (χ2n) is 10.8. The van der Waals surface area contributed by atoms with Gasteiger partial charge >= 0.3 is 0 Å². The minimum atomic E-state index is -2.65. The van der Waals surface area contributed by atoms with Crippen molar-refractivity contribution < 1.29 is 19.7 Å². The highest BCUT2D eigenvalue weighted by Gasteiger charge is 2.49. The maximum atomic E-state index is 11.0. The molecule has 1 aliphatic heterocycles. The van der Waals surface area contributed by atoms with Gasteiger partial charge in [0.1, 0.15) is 0 Å². The minimum absolute atomic E-state index is 0.156. The molecule has 2 aromatic rings. The van der Waals surface area contributed by atoms with Gasteiger partial charge in [0.15, 0.2) is 0 Å². The van der Waals surface area contributed by atoms with Gasteiger partial charge < -0.3 is 19.7 Å². The van der Waals surface area contributed by atoms with E-state index in [0.717, 1.165) is 31.9 Å². The normalized spacial score (nSPS) is 24.0. The van der Waals surface area contributed by atoms with Crippen LogP contribution in [0.15, 0.2) is 60.7 Å². The minimum Gasteiger partial charge on any atom is -0.406 e. The van der Waals surface area contributed by atoms with Gasteiger partial charge in [-0.2, -0.15) is 0 Å². The third-order valence-electron chi connectivity index (χ3n) is 7.16. The first-order valence-corrected chi connectivity index (χ1v) is 14.8. The molecule has 1 aliphatic rings. The zero-order valence-electron chi connectivity index (χ0n) is 21.2. The molecule has 0 spiro atoms. The molecule has 0 saturated carbocycles. The molecule has 0 aromatic heterocycles. The van der Waals surface area contributed by atoms with E-state index in [4.69, 9.17) is 4.43 Å². The van der Waals surface area contributed by atoms with Crippen LogP contribution in [0.2, 0.25) is 6.04 Å². The van der Waals surface area contributed by atoms with Crippen LogP contribution in [-0.4, -0.2) is 72.6 Å². The molecule has 0 radical (unpaired) electrons. The van der Waals surface area contributed by atoms with Gasteiger partial charge in [0.2, 0.25) is 0 Å². The summed E-state index contributed by atoms with van der Waals surface area (Å²) in [5.41, 5.74) is 0.156. The zero-order chi connectivity index (χ0) is 24.8. The Morgan fingerprint density at radius 2 is 1.41 bits per heavy atom. The van der Waals surface area contributed by atoms with Crippen LogP contribution in [0.3, 0.4) is 0 Å². The van der Waals surface area contributed by atoms with E-state index in [9.17, 15) is 15.3 Å². The Morgan fingerprint density at radius 1 is 0.882 bits per heavy atom. The van der Waals surface area contributed by atoms with Crippen molar-refractivity contribution in [1.82, 2.24) is 4.90 Å². The van der Waals surface area contributed by atoms with Crippen LogP contribution in [0.1, 0.15) is 47.0 Å². The van der Waals surface area contributed by atoms with Crippen LogP contribution in [0.25, 0.3) is 0 Å². The highest BCUT2D eigenvalue weighted by atomic mass is 28.4. The predicted molar refractivity (Wildman–Crippen MR) is 141 cm³/mol. The van der Waals surface area contributed by atoms with Crippen LogP contribution >= 0.6 is 0 Å². The van der Waals surface area contributed by atoms with Crippen molar-refractivity contribution in [3.05, 3.63) is 60.7 Å². The maximum absolute atomic E-state index is 11.0. The molecule has 1 heterocycles. The lowest BCUT2D eigenvalue weighted by Gasteiger charge is -2.37. The molecule has 4 atom stereocenters. The van der Waals surface area contributed by atoms with Crippen molar-refractivity contribution in [3.8, 4) is 0 Å². The standard InChI is InChI=1S/C28H43NO4Si/c1-5-6-18-29-24(20-30)26(31)27(32)25(29)21-33-34(19-17-28(2,3)4,22-13-9-7-10-14-22)23-15-11-8-12-16-23/h7-16,24-27,30-32H,5-6,17-21H2,1-4H3/t24-,25-,26-,27-/m1/s1. The molecule has 3 N–H and O–H groups in total. The smallest absolute Gasteiger partial charge is 0.255 e. The molecular weight excluding hydrogens is 442 g/mol.